The third kappa shape index (κ3) is 3.94. The lowest BCUT2D eigenvalue weighted by Gasteiger charge is -2.05. The molecule has 0 bridgehead atoms. The minimum absolute atomic E-state index is 0.0808. The van der Waals surface area contributed by atoms with Crippen molar-refractivity contribution in [2.45, 2.75) is 27.7 Å². The number of aromatic nitrogens is 3. The van der Waals surface area contributed by atoms with Crippen LogP contribution in [0.3, 0.4) is 0 Å². The number of likely N-dealkylation sites (N-methyl/N-ethyl adjacent to an activating group) is 1. The Hall–Kier alpha value is -2.70. The van der Waals surface area contributed by atoms with E-state index in [4.69, 9.17) is 0 Å². The van der Waals surface area contributed by atoms with Crippen molar-refractivity contribution < 1.29 is 9.59 Å². The summed E-state index contributed by atoms with van der Waals surface area (Å²) in [6.45, 7) is 7.96. The Balaban J connectivity index is 2.17. The molecular weight excluding hydrogens is 294 g/mol. The van der Waals surface area contributed by atoms with Gasteiger partial charge in [0, 0.05) is 6.54 Å². The molecule has 1 heterocycles. The predicted molar refractivity (Wildman–Crippen MR) is 86.6 cm³/mol. The molecule has 1 aromatic carbocycles. The van der Waals surface area contributed by atoms with E-state index in [1.165, 1.54) is 4.80 Å². The molecule has 1 aromatic heterocycles. The number of rotatable bonds is 5. The summed E-state index contributed by atoms with van der Waals surface area (Å²) in [5, 5.41) is 13.7. The largest absolute Gasteiger partial charge is 0.355 e. The van der Waals surface area contributed by atoms with Gasteiger partial charge in [-0.25, -0.2) is 0 Å². The lowest BCUT2D eigenvalue weighted by molar-refractivity contribution is -0.120. The van der Waals surface area contributed by atoms with Crippen LogP contribution in [0.2, 0.25) is 0 Å². The van der Waals surface area contributed by atoms with Gasteiger partial charge in [0.05, 0.1) is 17.9 Å². The molecule has 0 saturated carbocycles. The number of nitrogens with one attached hydrogen (secondary N) is 2. The number of hydrogen-bond donors (Lipinski definition) is 2. The smallest absolute Gasteiger partial charge is 0.274 e. The van der Waals surface area contributed by atoms with Gasteiger partial charge >= 0.3 is 0 Å². The first-order chi connectivity index (χ1) is 10.9. The summed E-state index contributed by atoms with van der Waals surface area (Å²) in [6, 6.07) is 5.92. The summed E-state index contributed by atoms with van der Waals surface area (Å²) in [4.78, 5) is 25.0. The van der Waals surface area contributed by atoms with E-state index in [9.17, 15) is 9.59 Å². The van der Waals surface area contributed by atoms with Crippen LogP contribution in [0, 0.1) is 20.8 Å². The van der Waals surface area contributed by atoms with Crippen molar-refractivity contribution in [2.24, 2.45) is 0 Å². The highest BCUT2D eigenvalue weighted by Gasteiger charge is 2.17. The molecule has 7 heteroatoms. The molecule has 0 radical (unpaired) electrons. The first kappa shape index (κ1) is 16.7. The minimum atomic E-state index is -0.412. The van der Waals surface area contributed by atoms with Crippen LogP contribution in [0.1, 0.15) is 34.2 Å². The van der Waals surface area contributed by atoms with Gasteiger partial charge in [-0.15, -0.1) is 5.10 Å². The molecule has 2 aromatic rings. The number of carbonyl (C=O) groups is 2. The van der Waals surface area contributed by atoms with Gasteiger partial charge in [-0.1, -0.05) is 17.7 Å². The van der Waals surface area contributed by atoms with Gasteiger partial charge in [-0.05, 0) is 39.3 Å². The van der Waals surface area contributed by atoms with Gasteiger partial charge in [0.1, 0.15) is 0 Å². The minimum Gasteiger partial charge on any atom is -0.355 e. The fourth-order valence-corrected chi connectivity index (χ4v) is 2.23. The van der Waals surface area contributed by atoms with E-state index in [1.807, 2.05) is 39.0 Å². The lowest BCUT2D eigenvalue weighted by Crippen LogP contribution is -2.37. The Labute approximate surface area is 135 Å². The van der Waals surface area contributed by atoms with Crippen molar-refractivity contribution in [3.05, 3.63) is 40.7 Å². The first-order valence-corrected chi connectivity index (χ1v) is 7.48. The Morgan fingerprint density at radius 3 is 2.52 bits per heavy atom. The van der Waals surface area contributed by atoms with E-state index >= 15 is 0 Å². The molecule has 0 aliphatic rings. The molecule has 2 rings (SSSR count). The van der Waals surface area contributed by atoms with E-state index in [2.05, 4.69) is 20.8 Å². The van der Waals surface area contributed by atoms with Gasteiger partial charge in [0.15, 0.2) is 5.69 Å². The van der Waals surface area contributed by atoms with Crippen molar-refractivity contribution in [2.75, 3.05) is 13.1 Å². The van der Waals surface area contributed by atoms with Crippen molar-refractivity contribution in [3.8, 4) is 5.69 Å². The zero-order valence-corrected chi connectivity index (χ0v) is 13.8. The van der Waals surface area contributed by atoms with Crippen LogP contribution in [0.15, 0.2) is 18.2 Å². The second-order valence-electron chi connectivity index (χ2n) is 5.35. The normalized spacial score (nSPS) is 10.4. The number of aryl methyl sites for hydroxylation is 3. The molecule has 0 unspecified atom stereocenters. The molecular formula is C16H21N5O2. The Morgan fingerprint density at radius 1 is 1.13 bits per heavy atom. The average molecular weight is 315 g/mol. The van der Waals surface area contributed by atoms with Crippen molar-refractivity contribution in [3.63, 3.8) is 0 Å². The van der Waals surface area contributed by atoms with Crippen molar-refractivity contribution >= 4 is 11.8 Å². The maximum Gasteiger partial charge on any atom is 0.274 e. The third-order valence-electron chi connectivity index (χ3n) is 3.35. The van der Waals surface area contributed by atoms with E-state index in [0.717, 1.165) is 16.8 Å². The number of nitrogens with zero attached hydrogens (tertiary/aromatic N) is 3. The molecule has 0 fully saturated rings. The highest BCUT2D eigenvalue weighted by Crippen LogP contribution is 2.15. The topological polar surface area (TPSA) is 88.9 Å². The van der Waals surface area contributed by atoms with Crippen LogP contribution in [0.25, 0.3) is 5.69 Å². The van der Waals surface area contributed by atoms with E-state index in [-0.39, 0.29) is 18.1 Å². The highest BCUT2D eigenvalue weighted by molar-refractivity contribution is 5.95. The Morgan fingerprint density at radius 2 is 1.87 bits per heavy atom. The number of carbonyl (C=O) groups excluding carboxylic acids is 2. The Kier molecular flexibility index (Phi) is 5.10. The van der Waals surface area contributed by atoms with E-state index < -0.39 is 5.91 Å². The molecule has 122 valence electrons. The molecule has 2 N–H and O–H groups in total. The monoisotopic (exact) mass is 315 g/mol. The van der Waals surface area contributed by atoms with Gasteiger partial charge < -0.3 is 10.6 Å². The van der Waals surface area contributed by atoms with Crippen LogP contribution in [-0.2, 0) is 4.79 Å². The zero-order valence-electron chi connectivity index (χ0n) is 13.8. The molecule has 7 nitrogen and oxygen atoms in total. The third-order valence-corrected chi connectivity index (χ3v) is 3.35. The van der Waals surface area contributed by atoms with Crippen LogP contribution >= 0.6 is 0 Å². The molecule has 23 heavy (non-hydrogen) atoms. The maximum atomic E-state index is 12.2. The second kappa shape index (κ2) is 7.04. The summed E-state index contributed by atoms with van der Waals surface area (Å²) in [6.07, 6.45) is 0. The standard InChI is InChI=1S/C16H21N5O2/c1-5-17-14(22)9-18-16(23)15-12(4)19-21(20-15)13-7-6-10(2)8-11(13)3/h6-8H,5,9H2,1-4H3,(H,17,22)(H,18,23). The molecule has 0 spiro atoms. The SMILES string of the molecule is CCNC(=O)CNC(=O)c1nn(-c2ccc(C)cc2C)nc1C. The molecule has 0 atom stereocenters. The summed E-state index contributed by atoms with van der Waals surface area (Å²) < 4.78 is 0. The zero-order chi connectivity index (χ0) is 17.0. The predicted octanol–water partition coefficient (Wildman–Crippen LogP) is 1.06. The van der Waals surface area contributed by atoms with Gasteiger partial charge in [0.2, 0.25) is 5.91 Å². The molecule has 2 amide bonds. The van der Waals surface area contributed by atoms with Crippen molar-refractivity contribution in [1.29, 1.82) is 0 Å². The number of benzene rings is 1. The van der Waals surface area contributed by atoms with Crippen LogP contribution < -0.4 is 10.6 Å². The molecule has 0 saturated heterocycles. The van der Waals surface area contributed by atoms with E-state index in [1.54, 1.807) is 6.92 Å². The average Bonchev–Trinajstić information content (AvgIpc) is 2.87. The summed E-state index contributed by atoms with van der Waals surface area (Å²) in [5.41, 5.74) is 3.72. The summed E-state index contributed by atoms with van der Waals surface area (Å²) in [7, 11) is 0. The van der Waals surface area contributed by atoms with Crippen molar-refractivity contribution in [1.82, 2.24) is 25.6 Å². The summed E-state index contributed by atoms with van der Waals surface area (Å²) in [5.74, 6) is -0.648. The Bertz CT molecular complexity index is 736. The quantitative estimate of drug-likeness (QED) is 0.863. The van der Waals surface area contributed by atoms with E-state index in [0.29, 0.717) is 12.2 Å². The van der Waals surface area contributed by atoms with Crippen LogP contribution in [0.4, 0.5) is 0 Å². The van der Waals surface area contributed by atoms with Gasteiger partial charge in [0.25, 0.3) is 5.91 Å². The maximum absolute atomic E-state index is 12.2. The summed E-state index contributed by atoms with van der Waals surface area (Å²) >= 11 is 0. The van der Waals surface area contributed by atoms with Gasteiger partial charge in [-0.3, -0.25) is 9.59 Å². The van der Waals surface area contributed by atoms with Crippen LogP contribution in [-0.4, -0.2) is 39.9 Å². The molecule has 0 aliphatic heterocycles. The number of hydrogen-bond acceptors (Lipinski definition) is 4. The second-order valence-corrected chi connectivity index (χ2v) is 5.35. The lowest BCUT2D eigenvalue weighted by atomic mass is 10.1. The van der Waals surface area contributed by atoms with Gasteiger partial charge in [-0.2, -0.15) is 9.90 Å². The first-order valence-electron chi connectivity index (χ1n) is 7.48. The van der Waals surface area contributed by atoms with Crippen LogP contribution in [0.5, 0.6) is 0 Å². The fourth-order valence-electron chi connectivity index (χ4n) is 2.23. The fraction of sp³-hybridized carbons (Fsp3) is 0.375. The number of amides is 2. The molecule has 0 aliphatic carbocycles. The highest BCUT2D eigenvalue weighted by atomic mass is 16.2.